The van der Waals surface area contributed by atoms with E-state index in [0.717, 1.165) is 12.4 Å². The van der Waals surface area contributed by atoms with E-state index in [1.54, 1.807) is 0 Å². The van der Waals surface area contributed by atoms with Gasteiger partial charge in [0.15, 0.2) is 6.20 Å². The van der Waals surface area contributed by atoms with Crippen LogP contribution in [0.5, 0.6) is 0 Å². The third-order valence-electron chi connectivity index (χ3n) is 2.21. The van der Waals surface area contributed by atoms with Gasteiger partial charge in [-0.2, -0.15) is 30.7 Å². The van der Waals surface area contributed by atoms with Crippen molar-refractivity contribution in [1.29, 1.82) is 0 Å². The van der Waals surface area contributed by atoms with E-state index in [1.807, 2.05) is 0 Å². The molecule has 1 heterocycles. The first kappa shape index (κ1) is 16.2. The average molecular weight is 305 g/mol. The largest absolute Gasteiger partial charge is 0.460 e. The van der Waals surface area contributed by atoms with Crippen LogP contribution in [0.1, 0.15) is 5.56 Å². The molecular formula is C10H8F7N2O+. The SMILES string of the molecule is Cc1ccc[n+](NC(=O)C(F)(F)C(F)(F)C(F)(F)F)c1. The van der Waals surface area contributed by atoms with E-state index in [1.165, 1.54) is 24.5 Å². The number of nitrogens with one attached hydrogen (secondary N) is 1. The zero-order valence-electron chi connectivity index (χ0n) is 9.81. The lowest BCUT2D eigenvalue weighted by Crippen LogP contribution is -2.62. The number of aryl methyl sites for hydroxylation is 1. The normalized spacial score (nSPS) is 13.2. The maximum atomic E-state index is 13.0. The lowest BCUT2D eigenvalue weighted by Gasteiger charge is -2.25. The van der Waals surface area contributed by atoms with Crippen molar-refractivity contribution < 1.29 is 40.2 Å². The van der Waals surface area contributed by atoms with Gasteiger partial charge in [-0.25, -0.2) is 0 Å². The summed E-state index contributed by atoms with van der Waals surface area (Å²) >= 11 is 0. The Labute approximate surface area is 108 Å². The van der Waals surface area contributed by atoms with Crippen LogP contribution in [0.2, 0.25) is 0 Å². The topological polar surface area (TPSA) is 33.0 Å². The van der Waals surface area contributed by atoms with Gasteiger partial charge in [0.1, 0.15) is 0 Å². The van der Waals surface area contributed by atoms with Gasteiger partial charge in [-0.3, -0.25) is 4.79 Å². The van der Waals surface area contributed by atoms with Gasteiger partial charge < -0.3 is 0 Å². The Kier molecular flexibility index (Phi) is 3.97. The molecule has 0 aliphatic carbocycles. The monoisotopic (exact) mass is 305 g/mol. The van der Waals surface area contributed by atoms with Gasteiger partial charge in [0.25, 0.3) is 0 Å². The number of pyridine rings is 1. The van der Waals surface area contributed by atoms with E-state index in [4.69, 9.17) is 0 Å². The second kappa shape index (κ2) is 4.91. The molecule has 10 heteroatoms. The van der Waals surface area contributed by atoms with E-state index in [-0.39, 0.29) is 0 Å². The molecule has 0 aromatic carbocycles. The Morgan fingerprint density at radius 3 is 2.15 bits per heavy atom. The van der Waals surface area contributed by atoms with Crippen molar-refractivity contribution in [1.82, 2.24) is 0 Å². The lowest BCUT2D eigenvalue weighted by atomic mass is 10.1. The van der Waals surface area contributed by atoms with Crippen LogP contribution in [-0.2, 0) is 4.79 Å². The fourth-order valence-electron chi connectivity index (χ4n) is 1.17. The molecule has 1 amide bonds. The van der Waals surface area contributed by atoms with Gasteiger partial charge in [-0.05, 0) is 13.0 Å². The van der Waals surface area contributed by atoms with Crippen LogP contribution in [0.25, 0.3) is 0 Å². The molecule has 3 nitrogen and oxygen atoms in total. The molecule has 20 heavy (non-hydrogen) atoms. The van der Waals surface area contributed by atoms with Crippen molar-refractivity contribution >= 4 is 5.91 Å². The molecule has 0 bridgehead atoms. The maximum Gasteiger partial charge on any atom is 0.460 e. The summed E-state index contributed by atoms with van der Waals surface area (Å²) in [6.45, 7) is 1.49. The molecule has 1 aromatic rings. The first-order chi connectivity index (χ1) is 8.89. The molecule has 0 fully saturated rings. The zero-order valence-corrected chi connectivity index (χ0v) is 9.81. The van der Waals surface area contributed by atoms with Gasteiger partial charge in [0, 0.05) is 11.6 Å². The predicted octanol–water partition coefficient (Wildman–Crippen LogP) is 2.19. The first-order valence-corrected chi connectivity index (χ1v) is 5.01. The Morgan fingerprint density at radius 2 is 1.70 bits per heavy atom. The zero-order chi connectivity index (χ0) is 15.8. The second-order valence-electron chi connectivity index (χ2n) is 3.88. The molecule has 0 atom stereocenters. The highest BCUT2D eigenvalue weighted by molar-refractivity contribution is 5.90. The van der Waals surface area contributed by atoms with E-state index >= 15 is 0 Å². The molecule has 1 N–H and O–H groups in total. The van der Waals surface area contributed by atoms with E-state index < -0.39 is 23.9 Å². The van der Waals surface area contributed by atoms with Crippen LogP contribution in [0.4, 0.5) is 30.7 Å². The molecule has 1 aromatic heterocycles. The number of hydrogen-bond acceptors (Lipinski definition) is 1. The number of rotatable bonds is 3. The molecule has 0 unspecified atom stereocenters. The summed E-state index contributed by atoms with van der Waals surface area (Å²) in [7, 11) is 0. The van der Waals surface area contributed by atoms with Gasteiger partial charge in [0.05, 0.1) is 0 Å². The van der Waals surface area contributed by atoms with Crippen molar-refractivity contribution in [2.75, 3.05) is 5.43 Å². The Morgan fingerprint density at radius 1 is 1.15 bits per heavy atom. The van der Waals surface area contributed by atoms with E-state index in [9.17, 15) is 35.5 Å². The Balaban J connectivity index is 3.01. The molecule has 112 valence electrons. The van der Waals surface area contributed by atoms with Crippen molar-refractivity contribution in [3.05, 3.63) is 30.1 Å². The van der Waals surface area contributed by atoms with Crippen LogP contribution in [0, 0.1) is 6.92 Å². The summed E-state index contributed by atoms with van der Waals surface area (Å²) in [6, 6.07) is 2.76. The summed E-state index contributed by atoms with van der Waals surface area (Å²) in [6.07, 6.45) is -4.50. The molecular weight excluding hydrogens is 297 g/mol. The number of amides is 1. The quantitative estimate of drug-likeness (QED) is 0.674. The van der Waals surface area contributed by atoms with Crippen LogP contribution < -0.4 is 10.1 Å². The van der Waals surface area contributed by atoms with Gasteiger partial charge in [-0.1, -0.05) is 4.68 Å². The van der Waals surface area contributed by atoms with Crippen LogP contribution in [0.15, 0.2) is 24.5 Å². The van der Waals surface area contributed by atoms with Gasteiger partial charge in [-0.15, -0.1) is 5.43 Å². The molecule has 0 spiro atoms. The molecule has 0 aliphatic rings. The standard InChI is InChI=1S/C10H7F7N2O/c1-6-3-2-4-19(5-6)18-7(20)8(11,12)9(13,14)10(15,16)17/h2-5H,1H3/p+1. The highest BCUT2D eigenvalue weighted by Gasteiger charge is 2.77. The highest BCUT2D eigenvalue weighted by atomic mass is 19.4. The van der Waals surface area contributed by atoms with Crippen molar-refractivity contribution in [2.45, 2.75) is 24.9 Å². The number of nitrogens with zero attached hydrogens (tertiary/aromatic N) is 1. The van der Waals surface area contributed by atoms with Crippen molar-refractivity contribution in [3.8, 4) is 0 Å². The predicted molar refractivity (Wildman–Crippen MR) is 51.7 cm³/mol. The fraction of sp³-hybridized carbons (Fsp3) is 0.400. The molecule has 0 saturated heterocycles. The summed E-state index contributed by atoms with van der Waals surface area (Å²) in [5, 5.41) is 0. The first-order valence-electron chi connectivity index (χ1n) is 5.01. The summed E-state index contributed by atoms with van der Waals surface area (Å²) in [5.41, 5.74) is 1.71. The molecule has 0 radical (unpaired) electrons. The maximum absolute atomic E-state index is 13.0. The smallest absolute Gasteiger partial charge is 0.262 e. The lowest BCUT2D eigenvalue weighted by molar-refractivity contribution is -0.643. The number of carbonyl (C=O) groups is 1. The number of alkyl halides is 7. The minimum atomic E-state index is -6.55. The average Bonchev–Trinajstić information content (AvgIpc) is 2.27. The minimum absolute atomic E-state index is 0.457. The Hall–Kier alpha value is -1.87. The van der Waals surface area contributed by atoms with Crippen molar-refractivity contribution in [2.24, 2.45) is 0 Å². The van der Waals surface area contributed by atoms with E-state index in [0.29, 0.717) is 10.2 Å². The van der Waals surface area contributed by atoms with Gasteiger partial charge in [0.2, 0.25) is 6.20 Å². The number of carbonyl (C=O) groups excluding carboxylic acids is 1. The van der Waals surface area contributed by atoms with Crippen LogP contribution in [-0.4, -0.2) is 23.9 Å². The second-order valence-corrected chi connectivity index (χ2v) is 3.88. The minimum Gasteiger partial charge on any atom is -0.262 e. The summed E-state index contributed by atoms with van der Waals surface area (Å²) in [5.74, 6) is -15.2. The third kappa shape index (κ3) is 2.83. The molecule has 0 aliphatic heterocycles. The fourth-order valence-corrected chi connectivity index (χ4v) is 1.17. The van der Waals surface area contributed by atoms with Crippen molar-refractivity contribution in [3.63, 3.8) is 0 Å². The van der Waals surface area contributed by atoms with Gasteiger partial charge >= 0.3 is 23.9 Å². The Bertz CT molecular complexity index is 513. The van der Waals surface area contributed by atoms with Crippen LogP contribution >= 0.6 is 0 Å². The summed E-state index contributed by atoms with van der Waals surface area (Å²) in [4.78, 5) is 11.0. The summed E-state index contributed by atoms with van der Waals surface area (Å²) < 4.78 is 87.3. The number of hydrogen-bond donors (Lipinski definition) is 1. The van der Waals surface area contributed by atoms with Crippen LogP contribution in [0.3, 0.4) is 0 Å². The third-order valence-corrected chi connectivity index (χ3v) is 2.21. The highest BCUT2D eigenvalue weighted by Crippen LogP contribution is 2.46. The number of halogens is 7. The van der Waals surface area contributed by atoms with E-state index in [2.05, 4.69) is 0 Å². The molecule has 0 saturated carbocycles. The number of aromatic nitrogens is 1. The molecule has 1 rings (SSSR count).